The number of aryl methyl sites for hydroxylation is 3. The second kappa shape index (κ2) is 9.35. The number of anilines is 2. The van der Waals surface area contributed by atoms with Gasteiger partial charge in [0.2, 0.25) is 0 Å². The molecule has 5 nitrogen and oxygen atoms in total. The average Bonchev–Trinajstić information content (AvgIpc) is 2.71. The number of nitrogens with one attached hydrogen (secondary N) is 3. The van der Waals surface area contributed by atoms with E-state index in [0.29, 0.717) is 29.6 Å². The number of aromatic nitrogens is 1. The summed E-state index contributed by atoms with van der Waals surface area (Å²) in [6, 6.07) is 16.4. The lowest BCUT2D eigenvalue weighted by Crippen LogP contribution is -2.32. The van der Waals surface area contributed by atoms with E-state index in [4.69, 9.17) is 12.2 Å². The molecule has 3 aromatic rings. The molecule has 0 spiro atoms. The van der Waals surface area contributed by atoms with E-state index in [1.54, 1.807) is 0 Å². The molecule has 0 radical (unpaired) electrons. The summed E-state index contributed by atoms with van der Waals surface area (Å²) in [5.41, 5.74) is 5.97. The third-order valence-electron chi connectivity index (χ3n) is 4.72. The molecule has 6 heteroatoms. The van der Waals surface area contributed by atoms with Crippen molar-refractivity contribution in [3.8, 4) is 6.07 Å². The number of hydrogen-bond acceptors (Lipinski definition) is 4. The lowest BCUT2D eigenvalue weighted by molar-refractivity contribution is 0.910. The third kappa shape index (κ3) is 5.01. The van der Waals surface area contributed by atoms with E-state index in [-0.39, 0.29) is 0 Å². The van der Waals surface area contributed by atoms with Crippen LogP contribution in [0.3, 0.4) is 0 Å². The normalized spacial score (nSPS) is 10.4. The zero-order chi connectivity index (χ0) is 20.8. The molecule has 1 aromatic heterocycles. The Balaban J connectivity index is 1.61. The number of pyridine rings is 1. The van der Waals surface area contributed by atoms with E-state index in [1.165, 1.54) is 5.56 Å². The fourth-order valence-corrected chi connectivity index (χ4v) is 3.56. The molecule has 0 amide bonds. The maximum atomic E-state index is 9.50. The number of para-hydroxylation sites is 1. The van der Waals surface area contributed by atoms with E-state index in [0.717, 1.165) is 34.1 Å². The monoisotopic (exact) mass is 403 g/mol. The maximum absolute atomic E-state index is 9.50. The van der Waals surface area contributed by atoms with Crippen molar-refractivity contribution < 1.29 is 0 Å². The smallest absolute Gasteiger partial charge is 0.170 e. The van der Waals surface area contributed by atoms with Crippen molar-refractivity contribution >= 4 is 39.7 Å². The van der Waals surface area contributed by atoms with E-state index in [2.05, 4.69) is 52.1 Å². The molecular weight excluding hydrogens is 378 g/mol. The van der Waals surface area contributed by atoms with Gasteiger partial charge < -0.3 is 16.0 Å². The van der Waals surface area contributed by atoms with Crippen LogP contribution in [0.1, 0.15) is 29.2 Å². The molecule has 0 unspecified atom stereocenters. The van der Waals surface area contributed by atoms with Gasteiger partial charge in [0.15, 0.2) is 5.11 Å². The van der Waals surface area contributed by atoms with Crippen molar-refractivity contribution in [1.82, 2.24) is 10.3 Å². The van der Waals surface area contributed by atoms with Gasteiger partial charge in [0.25, 0.3) is 0 Å². The van der Waals surface area contributed by atoms with Crippen molar-refractivity contribution in [1.29, 1.82) is 5.26 Å². The van der Waals surface area contributed by atoms with Crippen molar-refractivity contribution in [2.75, 3.05) is 23.7 Å². The largest absolute Gasteiger partial charge is 0.367 e. The highest BCUT2D eigenvalue weighted by Crippen LogP contribution is 2.24. The molecule has 0 atom stereocenters. The van der Waals surface area contributed by atoms with Crippen LogP contribution in [0.25, 0.3) is 10.9 Å². The summed E-state index contributed by atoms with van der Waals surface area (Å²) in [6.45, 7) is 7.41. The van der Waals surface area contributed by atoms with Gasteiger partial charge in [0, 0.05) is 24.2 Å². The lowest BCUT2D eigenvalue weighted by Gasteiger charge is -2.14. The molecule has 0 aliphatic heterocycles. The molecule has 0 bridgehead atoms. The quantitative estimate of drug-likeness (QED) is 0.410. The Morgan fingerprint density at radius 1 is 1.14 bits per heavy atom. The predicted molar refractivity (Wildman–Crippen MR) is 124 cm³/mol. The van der Waals surface area contributed by atoms with Gasteiger partial charge in [-0.2, -0.15) is 5.26 Å². The Morgan fingerprint density at radius 3 is 2.69 bits per heavy atom. The Morgan fingerprint density at radius 2 is 1.93 bits per heavy atom. The SMILES string of the molecule is CCc1ccccc1NC(=S)NCCNc1nc2c(C)cc(C)cc2cc1C#N. The summed E-state index contributed by atoms with van der Waals surface area (Å²) in [4.78, 5) is 4.68. The molecule has 3 rings (SSSR count). The van der Waals surface area contributed by atoms with Crippen molar-refractivity contribution in [2.24, 2.45) is 0 Å². The first-order valence-corrected chi connectivity index (χ1v) is 10.1. The summed E-state index contributed by atoms with van der Waals surface area (Å²) in [6.07, 6.45) is 0.941. The number of fused-ring (bicyclic) bond motifs is 1. The third-order valence-corrected chi connectivity index (χ3v) is 4.97. The van der Waals surface area contributed by atoms with Crippen LogP contribution in [-0.4, -0.2) is 23.2 Å². The fourth-order valence-electron chi connectivity index (χ4n) is 3.35. The summed E-state index contributed by atoms with van der Waals surface area (Å²) in [5.74, 6) is 0.601. The molecule has 0 aliphatic rings. The Kier molecular flexibility index (Phi) is 6.63. The first-order valence-electron chi connectivity index (χ1n) is 9.70. The van der Waals surface area contributed by atoms with Crippen molar-refractivity contribution in [3.05, 3.63) is 64.7 Å². The van der Waals surface area contributed by atoms with Crippen molar-refractivity contribution in [3.63, 3.8) is 0 Å². The second-order valence-electron chi connectivity index (χ2n) is 6.97. The van der Waals surface area contributed by atoms with E-state index >= 15 is 0 Å². The van der Waals surface area contributed by atoms with Crippen LogP contribution >= 0.6 is 12.2 Å². The molecule has 3 N–H and O–H groups in total. The Bertz CT molecular complexity index is 1080. The lowest BCUT2D eigenvalue weighted by atomic mass is 10.1. The number of nitriles is 1. The molecule has 0 saturated heterocycles. The average molecular weight is 404 g/mol. The van der Waals surface area contributed by atoms with E-state index in [1.807, 2.05) is 38.1 Å². The van der Waals surface area contributed by atoms with Gasteiger partial charge in [-0.3, -0.25) is 0 Å². The second-order valence-corrected chi connectivity index (χ2v) is 7.38. The number of thiocarbonyl (C=S) groups is 1. The van der Waals surface area contributed by atoms with Crippen LogP contribution in [0.5, 0.6) is 0 Å². The highest BCUT2D eigenvalue weighted by Gasteiger charge is 2.09. The highest BCUT2D eigenvalue weighted by atomic mass is 32.1. The first-order chi connectivity index (χ1) is 14.0. The summed E-state index contributed by atoms with van der Waals surface area (Å²) >= 11 is 5.40. The zero-order valence-electron chi connectivity index (χ0n) is 17.0. The summed E-state index contributed by atoms with van der Waals surface area (Å²) < 4.78 is 0. The molecule has 0 saturated carbocycles. The first kappa shape index (κ1) is 20.6. The highest BCUT2D eigenvalue weighted by molar-refractivity contribution is 7.80. The van der Waals surface area contributed by atoms with E-state index in [9.17, 15) is 5.26 Å². The van der Waals surface area contributed by atoms with Crippen LogP contribution < -0.4 is 16.0 Å². The van der Waals surface area contributed by atoms with Gasteiger partial charge in [-0.05, 0) is 61.8 Å². The standard InChI is InChI=1S/C23H25N5S/c1-4-17-7-5-6-8-20(17)27-23(29)26-10-9-25-22-19(14-24)13-18-12-15(2)11-16(3)21(18)28-22/h5-8,11-13H,4,9-10H2,1-3H3,(H,25,28)(H2,26,27,29). The van der Waals surface area contributed by atoms with Crippen LogP contribution in [0.15, 0.2) is 42.5 Å². The minimum absolute atomic E-state index is 0.542. The fraction of sp³-hybridized carbons (Fsp3) is 0.261. The van der Waals surface area contributed by atoms with Gasteiger partial charge in [0.1, 0.15) is 11.9 Å². The number of rotatable bonds is 6. The molecule has 0 fully saturated rings. The molecule has 29 heavy (non-hydrogen) atoms. The van der Waals surface area contributed by atoms with Crippen LogP contribution in [0.2, 0.25) is 0 Å². The minimum Gasteiger partial charge on any atom is -0.367 e. The van der Waals surface area contributed by atoms with Crippen LogP contribution in [0.4, 0.5) is 11.5 Å². The maximum Gasteiger partial charge on any atom is 0.170 e. The van der Waals surface area contributed by atoms with Gasteiger partial charge in [-0.15, -0.1) is 0 Å². The molecular formula is C23H25N5S. The molecule has 2 aromatic carbocycles. The Labute approximate surface area is 177 Å². The number of nitrogens with zero attached hydrogens (tertiary/aromatic N) is 2. The van der Waals surface area contributed by atoms with Gasteiger partial charge in [0.05, 0.1) is 11.1 Å². The molecule has 148 valence electrons. The summed E-state index contributed by atoms with van der Waals surface area (Å²) in [7, 11) is 0. The van der Waals surface area contributed by atoms with Gasteiger partial charge in [-0.25, -0.2) is 4.98 Å². The molecule has 0 aliphatic carbocycles. The topological polar surface area (TPSA) is 72.8 Å². The van der Waals surface area contributed by atoms with Gasteiger partial charge >= 0.3 is 0 Å². The molecule has 1 heterocycles. The number of benzene rings is 2. The minimum atomic E-state index is 0.542. The number of hydrogen-bond donors (Lipinski definition) is 3. The zero-order valence-corrected chi connectivity index (χ0v) is 17.8. The van der Waals surface area contributed by atoms with E-state index < -0.39 is 0 Å². The Hall–Kier alpha value is -3.17. The van der Waals surface area contributed by atoms with Crippen molar-refractivity contribution in [2.45, 2.75) is 27.2 Å². The van der Waals surface area contributed by atoms with Gasteiger partial charge in [-0.1, -0.05) is 36.8 Å². The predicted octanol–water partition coefficient (Wildman–Crippen LogP) is 4.68. The van der Waals surface area contributed by atoms with Crippen LogP contribution in [-0.2, 0) is 6.42 Å². The summed E-state index contributed by atoms with van der Waals surface area (Å²) in [5, 5.41) is 20.8. The van der Waals surface area contributed by atoms with Crippen LogP contribution in [0, 0.1) is 25.2 Å².